The summed E-state index contributed by atoms with van der Waals surface area (Å²) in [5.41, 5.74) is 0. The van der Waals surface area contributed by atoms with Gasteiger partial charge in [0.1, 0.15) is 0 Å². The zero-order valence-corrected chi connectivity index (χ0v) is 12.1. The predicted molar refractivity (Wildman–Crippen MR) is 76.2 cm³/mol. The topological polar surface area (TPSA) is 52.6 Å². The second-order valence-electron chi connectivity index (χ2n) is 6.40. The normalized spacial score (nSPS) is 33.2. The molecule has 4 heteroatoms. The molecule has 2 rings (SSSR count). The number of aliphatic carboxylic acids is 1. The number of hydrogen-bond acceptors (Lipinski definition) is 3. The van der Waals surface area contributed by atoms with Crippen molar-refractivity contribution in [3.63, 3.8) is 0 Å². The summed E-state index contributed by atoms with van der Waals surface area (Å²) in [4.78, 5) is 13.3. The summed E-state index contributed by atoms with van der Waals surface area (Å²) in [7, 11) is 2.22. The van der Waals surface area contributed by atoms with E-state index in [4.69, 9.17) is 5.11 Å². The monoisotopic (exact) mass is 268 g/mol. The van der Waals surface area contributed by atoms with Crippen molar-refractivity contribution in [3.8, 4) is 0 Å². The van der Waals surface area contributed by atoms with Crippen LogP contribution >= 0.6 is 0 Å². The average molecular weight is 268 g/mol. The fraction of sp³-hybridized carbons (Fsp3) is 0.933. The summed E-state index contributed by atoms with van der Waals surface area (Å²) in [5.74, 6) is 0.148. The van der Waals surface area contributed by atoms with Crippen LogP contribution in [0.2, 0.25) is 0 Å². The van der Waals surface area contributed by atoms with E-state index in [2.05, 4.69) is 17.3 Å². The van der Waals surface area contributed by atoms with E-state index in [1.807, 2.05) is 0 Å². The fourth-order valence-corrected chi connectivity index (χ4v) is 3.54. The highest BCUT2D eigenvalue weighted by Crippen LogP contribution is 2.24. The van der Waals surface area contributed by atoms with Crippen LogP contribution < -0.4 is 5.32 Å². The third-order valence-corrected chi connectivity index (χ3v) is 4.78. The number of nitrogens with one attached hydrogen (secondary N) is 1. The van der Waals surface area contributed by atoms with Gasteiger partial charge in [-0.15, -0.1) is 0 Å². The van der Waals surface area contributed by atoms with Crippen molar-refractivity contribution in [2.75, 3.05) is 26.7 Å². The lowest BCUT2D eigenvalue weighted by Crippen LogP contribution is -2.38. The second kappa shape index (κ2) is 7.25. The molecule has 2 N–H and O–H groups in total. The molecule has 0 radical (unpaired) electrons. The van der Waals surface area contributed by atoms with Crippen molar-refractivity contribution in [2.24, 2.45) is 11.8 Å². The van der Waals surface area contributed by atoms with Gasteiger partial charge in [0.15, 0.2) is 0 Å². The van der Waals surface area contributed by atoms with Gasteiger partial charge in [0, 0.05) is 12.6 Å². The molecule has 1 heterocycles. The van der Waals surface area contributed by atoms with Crippen molar-refractivity contribution in [1.29, 1.82) is 0 Å². The molecule has 1 saturated carbocycles. The quantitative estimate of drug-likeness (QED) is 0.800. The Kier molecular flexibility index (Phi) is 5.64. The molecule has 1 unspecified atom stereocenters. The Morgan fingerprint density at radius 2 is 2.00 bits per heavy atom. The van der Waals surface area contributed by atoms with Crippen LogP contribution in [0.15, 0.2) is 0 Å². The summed E-state index contributed by atoms with van der Waals surface area (Å²) >= 11 is 0. The summed E-state index contributed by atoms with van der Waals surface area (Å²) in [6.45, 7) is 3.59. The maximum atomic E-state index is 10.9. The molecule has 0 amide bonds. The van der Waals surface area contributed by atoms with Crippen LogP contribution in [-0.4, -0.2) is 48.7 Å². The summed E-state index contributed by atoms with van der Waals surface area (Å²) < 4.78 is 0. The van der Waals surface area contributed by atoms with E-state index in [-0.39, 0.29) is 5.92 Å². The lowest BCUT2D eigenvalue weighted by atomic mass is 9.86. The van der Waals surface area contributed by atoms with Gasteiger partial charge in [0.25, 0.3) is 0 Å². The third-order valence-electron chi connectivity index (χ3n) is 4.78. The fourth-order valence-electron chi connectivity index (χ4n) is 3.54. The van der Waals surface area contributed by atoms with E-state index in [1.54, 1.807) is 0 Å². The molecule has 0 aromatic carbocycles. The smallest absolute Gasteiger partial charge is 0.306 e. The van der Waals surface area contributed by atoms with Crippen LogP contribution in [0.25, 0.3) is 0 Å². The number of carbonyl (C=O) groups is 1. The van der Waals surface area contributed by atoms with Crippen molar-refractivity contribution in [2.45, 2.75) is 51.0 Å². The first kappa shape index (κ1) is 14.8. The van der Waals surface area contributed by atoms with E-state index in [0.29, 0.717) is 6.04 Å². The van der Waals surface area contributed by atoms with Gasteiger partial charge in [0.05, 0.1) is 5.92 Å². The Hall–Kier alpha value is -0.610. The first-order valence-electron chi connectivity index (χ1n) is 7.80. The Morgan fingerprint density at radius 3 is 2.63 bits per heavy atom. The molecule has 0 aromatic heterocycles. The van der Waals surface area contributed by atoms with Crippen LogP contribution in [0.4, 0.5) is 0 Å². The van der Waals surface area contributed by atoms with Crippen LogP contribution in [0, 0.1) is 11.8 Å². The number of nitrogens with zero attached hydrogens (tertiary/aromatic N) is 1. The van der Waals surface area contributed by atoms with E-state index < -0.39 is 5.97 Å². The molecule has 19 heavy (non-hydrogen) atoms. The number of rotatable bonds is 5. The van der Waals surface area contributed by atoms with Crippen molar-refractivity contribution in [1.82, 2.24) is 10.2 Å². The van der Waals surface area contributed by atoms with Crippen molar-refractivity contribution < 1.29 is 9.90 Å². The minimum absolute atomic E-state index is 0.0926. The lowest BCUT2D eigenvalue weighted by molar-refractivity contribution is -0.142. The van der Waals surface area contributed by atoms with Gasteiger partial charge in [-0.05, 0) is 71.0 Å². The summed E-state index contributed by atoms with van der Waals surface area (Å²) in [5, 5.41) is 12.6. The number of carboxylic acids is 1. The molecular weight excluding hydrogens is 240 g/mol. The first-order chi connectivity index (χ1) is 9.15. The average Bonchev–Trinajstić information content (AvgIpc) is 2.39. The molecule has 2 aliphatic rings. The van der Waals surface area contributed by atoms with Gasteiger partial charge >= 0.3 is 5.97 Å². The zero-order chi connectivity index (χ0) is 13.7. The molecule has 0 aromatic rings. The maximum absolute atomic E-state index is 10.9. The number of hydrogen-bond donors (Lipinski definition) is 2. The zero-order valence-electron chi connectivity index (χ0n) is 12.1. The van der Waals surface area contributed by atoms with Crippen LogP contribution in [0.3, 0.4) is 0 Å². The molecule has 1 saturated heterocycles. The molecule has 1 atom stereocenters. The minimum atomic E-state index is -0.608. The highest BCUT2D eigenvalue weighted by molar-refractivity contribution is 5.70. The van der Waals surface area contributed by atoms with Gasteiger partial charge in [0.2, 0.25) is 0 Å². The number of piperidine rings is 1. The minimum Gasteiger partial charge on any atom is -0.481 e. The standard InChI is InChI=1S/C15H28N2O2/c1-17-10-2-3-12(11-17)8-9-16-14-6-4-13(5-7-14)15(18)19/h12-14,16H,2-11H2,1H3,(H,18,19). The van der Waals surface area contributed by atoms with Crippen molar-refractivity contribution >= 4 is 5.97 Å². The van der Waals surface area contributed by atoms with Crippen LogP contribution in [0.1, 0.15) is 44.9 Å². The Morgan fingerprint density at radius 1 is 1.26 bits per heavy atom. The van der Waals surface area contributed by atoms with Gasteiger partial charge < -0.3 is 15.3 Å². The third kappa shape index (κ3) is 4.77. The molecule has 0 bridgehead atoms. The number of likely N-dealkylation sites (tertiary alicyclic amines) is 1. The van der Waals surface area contributed by atoms with Gasteiger partial charge in [-0.2, -0.15) is 0 Å². The highest BCUT2D eigenvalue weighted by atomic mass is 16.4. The molecule has 4 nitrogen and oxygen atoms in total. The summed E-state index contributed by atoms with van der Waals surface area (Å²) in [6.07, 6.45) is 7.73. The second-order valence-corrected chi connectivity index (χ2v) is 6.40. The van der Waals surface area contributed by atoms with Crippen molar-refractivity contribution in [3.05, 3.63) is 0 Å². The number of carboxylic acid groups (broad SMARTS) is 1. The van der Waals surface area contributed by atoms with Gasteiger partial charge in [-0.1, -0.05) is 0 Å². The molecular formula is C15H28N2O2. The van der Waals surface area contributed by atoms with Gasteiger partial charge in [-0.25, -0.2) is 0 Å². The SMILES string of the molecule is CN1CCCC(CCNC2CCC(C(=O)O)CC2)C1. The van der Waals surface area contributed by atoms with Gasteiger partial charge in [-0.3, -0.25) is 4.79 Å². The molecule has 1 aliphatic carbocycles. The predicted octanol–water partition coefficient (Wildman–Crippen LogP) is 1.95. The van der Waals surface area contributed by atoms with Crippen LogP contribution in [-0.2, 0) is 4.79 Å². The molecule has 0 spiro atoms. The van der Waals surface area contributed by atoms with E-state index >= 15 is 0 Å². The molecule has 2 fully saturated rings. The highest BCUT2D eigenvalue weighted by Gasteiger charge is 2.25. The Bertz CT molecular complexity index is 288. The molecule has 110 valence electrons. The van der Waals surface area contributed by atoms with E-state index in [9.17, 15) is 4.79 Å². The molecule has 1 aliphatic heterocycles. The Balaban J connectivity index is 1.58. The summed E-state index contributed by atoms with van der Waals surface area (Å²) in [6, 6.07) is 0.553. The lowest BCUT2D eigenvalue weighted by Gasteiger charge is -2.31. The van der Waals surface area contributed by atoms with E-state index in [0.717, 1.165) is 38.1 Å². The van der Waals surface area contributed by atoms with E-state index in [1.165, 1.54) is 32.4 Å². The Labute approximate surface area is 116 Å². The first-order valence-corrected chi connectivity index (χ1v) is 7.80. The maximum Gasteiger partial charge on any atom is 0.306 e. The van der Waals surface area contributed by atoms with Crippen LogP contribution in [0.5, 0.6) is 0 Å². The largest absolute Gasteiger partial charge is 0.481 e.